The lowest BCUT2D eigenvalue weighted by Crippen LogP contribution is -2.50. The summed E-state index contributed by atoms with van der Waals surface area (Å²) in [6.07, 6.45) is -7.24. The molecule has 0 aliphatic carbocycles. The third-order valence-electron chi connectivity index (χ3n) is 2.34. The first-order valence-electron chi connectivity index (χ1n) is 3.85. The third-order valence-corrected chi connectivity index (χ3v) is 2.34. The van der Waals surface area contributed by atoms with Crippen molar-refractivity contribution in [2.75, 3.05) is 0 Å². The Morgan fingerprint density at radius 2 is 1.07 bits per heavy atom. The van der Waals surface area contributed by atoms with Crippen molar-refractivity contribution in [3.8, 4) is 0 Å². The summed E-state index contributed by atoms with van der Waals surface area (Å²) in [5.41, 5.74) is 0. The van der Waals surface area contributed by atoms with E-state index in [4.69, 9.17) is 10.2 Å². The van der Waals surface area contributed by atoms with Gasteiger partial charge in [0.05, 0.1) is 0 Å². The van der Waals surface area contributed by atoms with E-state index in [1.807, 2.05) is 0 Å². The van der Waals surface area contributed by atoms with Gasteiger partial charge in [0.1, 0.15) is 12.2 Å². The van der Waals surface area contributed by atoms with Gasteiger partial charge in [-0.25, -0.2) is 0 Å². The van der Waals surface area contributed by atoms with E-state index in [2.05, 4.69) is 9.47 Å². The van der Waals surface area contributed by atoms with Crippen LogP contribution in [-0.4, -0.2) is 67.0 Å². The quantitative estimate of drug-likeness (QED) is 0.257. The molecule has 0 aromatic heterocycles. The molecular formula is C6H10O8. The van der Waals surface area contributed by atoms with Crippen molar-refractivity contribution in [3.63, 3.8) is 0 Å². The number of aliphatic hydroxyl groups excluding tert-OH is 4. The normalized spacial score (nSPS) is 55.3. The molecule has 2 aliphatic rings. The maximum absolute atomic E-state index is 9.24. The molecule has 2 saturated heterocycles. The molecule has 0 saturated carbocycles. The second-order valence-corrected chi connectivity index (χ2v) is 3.33. The van der Waals surface area contributed by atoms with Crippen molar-refractivity contribution >= 4 is 0 Å². The molecule has 82 valence electrons. The predicted molar refractivity (Wildman–Crippen MR) is 36.1 cm³/mol. The second-order valence-electron chi connectivity index (χ2n) is 3.33. The molecule has 6 atom stereocenters. The maximum Gasteiger partial charge on any atom is 0.250 e. The lowest BCUT2D eigenvalue weighted by atomic mass is 10.0. The van der Waals surface area contributed by atoms with Gasteiger partial charge in [-0.2, -0.15) is 0 Å². The standard InChI is InChI=1S/C6H10O8/c7-1(5(11)3(9)13-5)2(8)6(12)4(10)14-6/h1-4,7-12H/t1-,2+,3?,4?,5-,6+. The third kappa shape index (κ3) is 1.17. The molecular weight excluding hydrogens is 200 g/mol. The summed E-state index contributed by atoms with van der Waals surface area (Å²) in [4.78, 5) is 0. The Balaban J connectivity index is 2.02. The summed E-state index contributed by atoms with van der Waals surface area (Å²) in [6.45, 7) is 0. The average molecular weight is 210 g/mol. The van der Waals surface area contributed by atoms with E-state index >= 15 is 0 Å². The van der Waals surface area contributed by atoms with Crippen LogP contribution in [0, 0.1) is 0 Å². The fourth-order valence-corrected chi connectivity index (χ4v) is 1.17. The van der Waals surface area contributed by atoms with Gasteiger partial charge in [0.15, 0.2) is 0 Å². The van der Waals surface area contributed by atoms with Crippen molar-refractivity contribution in [2.24, 2.45) is 0 Å². The zero-order chi connectivity index (χ0) is 10.7. The van der Waals surface area contributed by atoms with E-state index in [-0.39, 0.29) is 0 Å². The summed E-state index contributed by atoms with van der Waals surface area (Å²) in [7, 11) is 0. The van der Waals surface area contributed by atoms with Crippen LogP contribution in [0.15, 0.2) is 0 Å². The van der Waals surface area contributed by atoms with Crippen LogP contribution in [0.2, 0.25) is 0 Å². The SMILES string of the molecule is OC1O[C@]1(O)[C@H](O)[C@H](O)[C@]1(O)OC1O. The Labute approximate surface area is 77.5 Å². The molecule has 8 nitrogen and oxygen atoms in total. The van der Waals surface area contributed by atoms with Gasteiger partial charge in [-0.05, 0) is 0 Å². The predicted octanol–water partition coefficient (Wildman–Crippen LogP) is -4.22. The van der Waals surface area contributed by atoms with Crippen molar-refractivity contribution in [1.82, 2.24) is 0 Å². The Morgan fingerprint density at radius 3 is 1.21 bits per heavy atom. The summed E-state index contributed by atoms with van der Waals surface area (Å²) in [5, 5.41) is 54.3. The fraction of sp³-hybridized carbons (Fsp3) is 1.00. The van der Waals surface area contributed by atoms with Crippen molar-refractivity contribution in [2.45, 2.75) is 36.4 Å². The first-order valence-corrected chi connectivity index (χ1v) is 3.85. The van der Waals surface area contributed by atoms with Crippen LogP contribution >= 0.6 is 0 Å². The number of hydrogen-bond donors (Lipinski definition) is 6. The molecule has 0 aromatic carbocycles. The van der Waals surface area contributed by atoms with Gasteiger partial charge in [-0.3, -0.25) is 0 Å². The van der Waals surface area contributed by atoms with Crippen LogP contribution in [0.25, 0.3) is 0 Å². The van der Waals surface area contributed by atoms with E-state index in [1.54, 1.807) is 0 Å². The van der Waals surface area contributed by atoms with E-state index in [9.17, 15) is 20.4 Å². The second kappa shape index (κ2) is 2.62. The first kappa shape index (κ1) is 10.2. The highest BCUT2D eigenvalue weighted by Gasteiger charge is 2.71. The molecule has 0 spiro atoms. The van der Waals surface area contributed by atoms with Gasteiger partial charge in [-0.1, -0.05) is 0 Å². The first-order chi connectivity index (χ1) is 6.32. The lowest BCUT2D eigenvalue weighted by molar-refractivity contribution is -0.181. The molecule has 2 aliphatic heterocycles. The van der Waals surface area contributed by atoms with Crippen LogP contribution in [0.1, 0.15) is 0 Å². The Morgan fingerprint density at radius 1 is 0.857 bits per heavy atom. The van der Waals surface area contributed by atoms with Crippen molar-refractivity contribution in [1.29, 1.82) is 0 Å². The van der Waals surface area contributed by atoms with Gasteiger partial charge in [0.2, 0.25) is 24.2 Å². The Bertz CT molecular complexity index is 232. The lowest BCUT2D eigenvalue weighted by Gasteiger charge is -2.21. The zero-order valence-corrected chi connectivity index (χ0v) is 6.81. The van der Waals surface area contributed by atoms with Crippen LogP contribution in [0.3, 0.4) is 0 Å². The minimum absolute atomic E-state index is 1.63. The summed E-state index contributed by atoms with van der Waals surface area (Å²) in [5.74, 6) is -4.64. The number of epoxide rings is 2. The van der Waals surface area contributed by atoms with Gasteiger partial charge in [0.25, 0.3) is 0 Å². The van der Waals surface area contributed by atoms with Gasteiger partial charge >= 0.3 is 0 Å². The molecule has 2 unspecified atom stereocenters. The molecule has 8 heteroatoms. The topological polar surface area (TPSA) is 146 Å². The summed E-state index contributed by atoms with van der Waals surface area (Å²) in [6, 6.07) is 0. The van der Waals surface area contributed by atoms with Crippen molar-refractivity contribution in [3.05, 3.63) is 0 Å². The largest absolute Gasteiger partial charge is 0.384 e. The highest BCUT2D eigenvalue weighted by atomic mass is 16.8. The average Bonchev–Trinajstić information content (AvgIpc) is 2.91. The van der Waals surface area contributed by atoms with Crippen LogP contribution in [0.5, 0.6) is 0 Å². The van der Waals surface area contributed by atoms with E-state index in [0.717, 1.165) is 0 Å². The molecule has 0 amide bonds. The van der Waals surface area contributed by atoms with E-state index in [0.29, 0.717) is 0 Å². The number of aliphatic hydroxyl groups is 6. The smallest absolute Gasteiger partial charge is 0.250 e. The van der Waals surface area contributed by atoms with Crippen LogP contribution < -0.4 is 0 Å². The fourth-order valence-electron chi connectivity index (χ4n) is 1.17. The molecule has 2 fully saturated rings. The monoisotopic (exact) mass is 210 g/mol. The Kier molecular flexibility index (Phi) is 1.91. The molecule has 2 rings (SSSR count). The van der Waals surface area contributed by atoms with Gasteiger partial charge in [0, 0.05) is 0 Å². The van der Waals surface area contributed by atoms with Crippen molar-refractivity contribution < 1.29 is 40.1 Å². The Hall–Kier alpha value is -0.320. The molecule has 14 heavy (non-hydrogen) atoms. The number of hydrogen-bond acceptors (Lipinski definition) is 8. The van der Waals surface area contributed by atoms with E-state index in [1.165, 1.54) is 0 Å². The van der Waals surface area contributed by atoms with Crippen LogP contribution in [0.4, 0.5) is 0 Å². The minimum Gasteiger partial charge on any atom is -0.384 e. The molecule has 2 heterocycles. The zero-order valence-electron chi connectivity index (χ0n) is 6.81. The molecule has 0 bridgehead atoms. The molecule has 0 radical (unpaired) electrons. The summed E-state index contributed by atoms with van der Waals surface area (Å²) < 4.78 is 8.40. The summed E-state index contributed by atoms with van der Waals surface area (Å²) >= 11 is 0. The number of rotatable bonds is 3. The van der Waals surface area contributed by atoms with Crippen LogP contribution in [-0.2, 0) is 9.47 Å². The minimum atomic E-state index is -2.32. The van der Waals surface area contributed by atoms with Gasteiger partial charge < -0.3 is 40.1 Å². The maximum atomic E-state index is 9.24. The molecule has 0 aromatic rings. The van der Waals surface area contributed by atoms with Gasteiger partial charge in [-0.15, -0.1) is 0 Å². The highest BCUT2D eigenvalue weighted by molar-refractivity contribution is 5.04. The van der Waals surface area contributed by atoms with E-state index < -0.39 is 36.4 Å². The molecule has 6 N–H and O–H groups in total. The number of ether oxygens (including phenoxy) is 2. The highest BCUT2D eigenvalue weighted by Crippen LogP contribution is 2.43.